The lowest BCUT2D eigenvalue weighted by Crippen LogP contribution is -2.33. The van der Waals surface area contributed by atoms with E-state index in [4.69, 9.17) is 0 Å². The van der Waals surface area contributed by atoms with Crippen molar-refractivity contribution in [2.75, 3.05) is 6.16 Å². The first-order valence-electron chi connectivity index (χ1n) is 8.43. The second-order valence-corrected chi connectivity index (χ2v) is 11.0. The van der Waals surface area contributed by atoms with E-state index >= 15 is 0 Å². The van der Waals surface area contributed by atoms with Crippen molar-refractivity contribution in [3.63, 3.8) is 0 Å². The van der Waals surface area contributed by atoms with E-state index in [0.29, 0.717) is 0 Å². The molecule has 0 nitrogen and oxygen atoms in total. The Morgan fingerprint density at radius 3 is 1.33 bits per heavy atom. The van der Waals surface area contributed by atoms with Crippen LogP contribution in [0.5, 0.6) is 0 Å². The smallest absolute Gasteiger partial charge is 0.0744 e. The fourth-order valence-electron chi connectivity index (χ4n) is 3.63. The molecule has 1 aliphatic heterocycles. The first kappa shape index (κ1) is 15.9. The highest BCUT2D eigenvalue weighted by atomic mass is 32.7. The Morgan fingerprint density at radius 2 is 1.04 bits per heavy atom. The van der Waals surface area contributed by atoms with Crippen molar-refractivity contribution in [2.45, 2.75) is 17.3 Å². The van der Waals surface area contributed by atoms with Crippen LogP contribution in [-0.2, 0) is 5.16 Å². The van der Waals surface area contributed by atoms with Crippen molar-refractivity contribution >= 4 is 18.5 Å². The van der Waals surface area contributed by atoms with Gasteiger partial charge in [-0.2, -0.15) is 0 Å². The van der Waals surface area contributed by atoms with Gasteiger partial charge in [-0.1, -0.05) is 97.9 Å². The molecule has 3 aromatic rings. The minimum atomic E-state index is -0.197. The normalized spacial score (nSPS) is 20.4. The van der Waals surface area contributed by atoms with Gasteiger partial charge in [-0.05, 0) is 30.0 Å². The molecule has 3 aromatic carbocycles. The Kier molecular flexibility index (Phi) is 4.48. The van der Waals surface area contributed by atoms with Gasteiger partial charge < -0.3 is 0 Å². The molecule has 1 aliphatic rings. The van der Waals surface area contributed by atoms with Crippen molar-refractivity contribution in [3.8, 4) is 0 Å². The van der Waals surface area contributed by atoms with Crippen LogP contribution in [0, 0.1) is 0 Å². The molecule has 0 aliphatic carbocycles. The van der Waals surface area contributed by atoms with Crippen LogP contribution < -0.4 is 0 Å². The Labute approximate surface area is 149 Å². The van der Waals surface area contributed by atoms with Gasteiger partial charge in [0.1, 0.15) is 0 Å². The SMILES string of the molecule is C[C@@H]1C[P@@](C(c2ccccc2)(c2ccccc2)c2ccccc2)S1. The molecule has 0 aromatic heterocycles. The van der Waals surface area contributed by atoms with E-state index in [1.54, 1.807) is 0 Å². The zero-order valence-corrected chi connectivity index (χ0v) is 15.5. The van der Waals surface area contributed by atoms with Gasteiger partial charge in [0.05, 0.1) is 5.16 Å². The van der Waals surface area contributed by atoms with Gasteiger partial charge in [0.15, 0.2) is 0 Å². The van der Waals surface area contributed by atoms with Crippen LogP contribution >= 0.6 is 18.5 Å². The van der Waals surface area contributed by atoms with Gasteiger partial charge in [-0.25, -0.2) is 0 Å². The Balaban J connectivity index is 2.00. The summed E-state index contributed by atoms with van der Waals surface area (Å²) in [5.74, 6) is 0. The molecule has 0 bridgehead atoms. The molecule has 0 N–H and O–H groups in total. The van der Waals surface area contributed by atoms with Gasteiger partial charge in [0.2, 0.25) is 0 Å². The minimum Gasteiger partial charge on any atom is -0.129 e. The van der Waals surface area contributed by atoms with Crippen LogP contribution in [0.15, 0.2) is 91.0 Å². The highest BCUT2D eigenvalue weighted by Gasteiger charge is 2.48. The topological polar surface area (TPSA) is 0 Å². The molecule has 0 unspecified atom stereocenters. The Bertz CT molecular complexity index is 683. The summed E-state index contributed by atoms with van der Waals surface area (Å²) in [5, 5.41) is 0.752. The van der Waals surface area contributed by atoms with Crippen molar-refractivity contribution < 1.29 is 0 Å². The van der Waals surface area contributed by atoms with Crippen LogP contribution in [-0.4, -0.2) is 11.4 Å². The average Bonchev–Trinajstić information content (AvgIpc) is 2.64. The van der Waals surface area contributed by atoms with E-state index in [2.05, 4.69) is 109 Å². The molecule has 0 saturated carbocycles. The number of hydrogen-bond acceptors (Lipinski definition) is 1. The average molecular weight is 348 g/mol. The number of hydrogen-bond donors (Lipinski definition) is 0. The van der Waals surface area contributed by atoms with Crippen molar-refractivity contribution in [3.05, 3.63) is 108 Å². The van der Waals surface area contributed by atoms with Crippen LogP contribution in [0.1, 0.15) is 23.6 Å². The second-order valence-electron chi connectivity index (χ2n) is 6.29. The first-order valence-corrected chi connectivity index (χ1v) is 11.4. The predicted molar refractivity (Wildman–Crippen MR) is 108 cm³/mol. The van der Waals surface area contributed by atoms with E-state index < -0.39 is 0 Å². The van der Waals surface area contributed by atoms with Gasteiger partial charge in [-0.15, -0.1) is 11.4 Å². The summed E-state index contributed by atoms with van der Waals surface area (Å²) in [7, 11) is -0.197. The van der Waals surface area contributed by atoms with Crippen LogP contribution in [0.4, 0.5) is 0 Å². The van der Waals surface area contributed by atoms with E-state index in [0.717, 1.165) is 5.25 Å². The molecule has 2 heteroatoms. The molecule has 0 radical (unpaired) electrons. The summed E-state index contributed by atoms with van der Waals surface area (Å²) >= 11 is 2.18. The fourth-order valence-corrected chi connectivity index (χ4v) is 9.78. The third kappa shape index (κ3) is 2.61. The molecule has 120 valence electrons. The minimum absolute atomic E-state index is 0.0176. The summed E-state index contributed by atoms with van der Waals surface area (Å²) in [6.07, 6.45) is 1.32. The molecule has 2 atom stereocenters. The summed E-state index contributed by atoms with van der Waals surface area (Å²) in [6.45, 7) is 2.36. The highest BCUT2D eigenvalue weighted by molar-refractivity contribution is 8.59. The predicted octanol–water partition coefficient (Wildman–Crippen LogP) is 6.51. The van der Waals surface area contributed by atoms with Crippen molar-refractivity contribution in [1.29, 1.82) is 0 Å². The lowest BCUT2D eigenvalue weighted by molar-refractivity contribution is 0.870. The number of benzene rings is 3. The lowest BCUT2D eigenvalue weighted by atomic mass is 9.84. The van der Waals surface area contributed by atoms with Gasteiger partial charge in [0, 0.05) is 5.25 Å². The van der Waals surface area contributed by atoms with Crippen molar-refractivity contribution in [1.82, 2.24) is 0 Å². The zero-order valence-electron chi connectivity index (χ0n) is 13.8. The van der Waals surface area contributed by atoms with Gasteiger partial charge in [-0.3, -0.25) is 0 Å². The Hall–Kier alpha value is -1.56. The molecule has 1 fully saturated rings. The highest BCUT2D eigenvalue weighted by Crippen LogP contribution is 2.77. The third-order valence-corrected chi connectivity index (χ3v) is 11.2. The maximum Gasteiger partial charge on any atom is 0.0744 e. The van der Waals surface area contributed by atoms with E-state index in [9.17, 15) is 0 Å². The zero-order chi connectivity index (χ0) is 16.4. The third-order valence-electron chi connectivity index (χ3n) is 4.68. The quantitative estimate of drug-likeness (QED) is 0.382. The van der Waals surface area contributed by atoms with Crippen LogP contribution in [0.25, 0.3) is 0 Å². The second kappa shape index (κ2) is 6.75. The van der Waals surface area contributed by atoms with Gasteiger partial charge >= 0.3 is 0 Å². The maximum absolute atomic E-state index is 2.36. The molecule has 1 heterocycles. The fraction of sp³-hybridized carbons (Fsp3) is 0.182. The number of rotatable bonds is 4. The molecular formula is C22H21PS. The summed E-state index contributed by atoms with van der Waals surface area (Å²) in [5.41, 5.74) is 4.27. The molecule has 24 heavy (non-hydrogen) atoms. The molecule has 0 spiro atoms. The van der Waals surface area contributed by atoms with E-state index in [-0.39, 0.29) is 12.3 Å². The Morgan fingerprint density at radius 1 is 0.708 bits per heavy atom. The monoisotopic (exact) mass is 348 g/mol. The molecule has 0 amide bonds. The maximum atomic E-state index is 2.36. The first-order chi connectivity index (χ1) is 11.8. The van der Waals surface area contributed by atoms with Crippen molar-refractivity contribution in [2.24, 2.45) is 0 Å². The van der Waals surface area contributed by atoms with E-state index in [1.807, 2.05) is 0 Å². The largest absolute Gasteiger partial charge is 0.129 e. The molecule has 4 rings (SSSR count). The molecular weight excluding hydrogens is 327 g/mol. The summed E-state index contributed by atoms with van der Waals surface area (Å²) < 4.78 is 0. The van der Waals surface area contributed by atoms with Crippen LogP contribution in [0.2, 0.25) is 0 Å². The van der Waals surface area contributed by atoms with Crippen LogP contribution in [0.3, 0.4) is 0 Å². The standard InChI is InChI=1S/C22H21PS/c1-18-17-23(24-18)22(19-11-5-2-6-12-19,20-13-7-3-8-14-20)21-15-9-4-10-16-21/h2-16,18H,17H2,1H3/t18-,23+/m1/s1. The summed E-state index contributed by atoms with van der Waals surface area (Å²) in [6, 6.07) is 33.3. The van der Waals surface area contributed by atoms with Gasteiger partial charge in [0.25, 0.3) is 0 Å². The molecule has 1 saturated heterocycles. The summed E-state index contributed by atoms with van der Waals surface area (Å²) in [4.78, 5) is 0. The lowest BCUT2D eigenvalue weighted by Gasteiger charge is -2.49. The van der Waals surface area contributed by atoms with E-state index in [1.165, 1.54) is 22.9 Å².